The molecule has 2 rings (SSSR count). The Morgan fingerprint density at radius 1 is 1.00 bits per heavy atom. The van der Waals surface area contributed by atoms with Crippen LogP contribution in [0.1, 0.15) is 27.9 Å². The second kappa shape index (κ2) is 8.97. The number of hydrogen-bond donors (Lipinski definition) is 0. The number of esters is 1. The van der Waals surface area contributed by atoms with Crippen molar-refractivity contribution in [2.45, 2.75) is 19.8 Å². The Kier molecular flexibility index (Phi) is 6.69. The molecule has 0 atom stereocenters. The number of amides is 1. The summed E-state index contributed by atoms with van der Waals surface area (Å²) >= 11 is 0. The van der Waals surface area contributed by atoms with Crippen molar-refractivity contribution >= 4 is 11.9 Å². The van der Waals surface area contributed by atoms with Gasteiger partial charge in [0.2, 0.25) is 0 Å². The van der Waals surface area contributed by atoms with Crippen molar-refractivity contribution in [1.82, 2.24) is 4.90 Å². The first kappa shape index (κ1) is 18.6. The number of ether oxygens (including phenoxy) is 1. The summed E-state index contributed by atoms with van der Waals surface area (Å²) < 4.78 is 17.7. The number of benzene rings is 2. The van der Waals surface area contributed by atoms with Crippen LogP contribution in [0.25, 0.3) is 0 Å². The maximum Gasteiger partial charge on any atom is 0.307 e. The fourth-order valence-electron chi connectivity index (χ4n) is 2.44. The van der Waals surface area contributed by atoms with Gasteiger partial charge in [-0.1, -0.05) is 29.8 Å². The van der Waals surface area contributed by atoms with Crippen LogP contribution in [0, 0.1) is 12.7 Å². The minimum atomic E-state index is -0.358. The molecule has 0 aliphatic carbocycles. The first-order chi connectivity index (χ1) is 12.0. The van der Waals surface area contributed by atoms with Crippen LogP contribution in [0.15, 0.2) is 48.5 Å². The maximum atomic E-state index is 13.0. The topological polar surface area (TPSA) is 46.6 Å². The summed E-state index contributed by atoms with van der Waals surface area (Å²) in [5.41, 5.74) is 2.58. The van der Waals surface area contributed by atoms with Gasteiger partial charge in [-0.2, -0.15) is 0 Å². The maximum absolute atomic E-state index is 13.0. The summed E-state index contributed by atoms with van der Waals surface area (Å²) in [4.78, 5) is 25.8. The number of nitrogens with zero attached hydrogens (tertiary/aromatic N) is 1. The molecule has 0 saturated heterocycles. The minimum Gasteiger partial charge on any atom is -0.469 e. The highest BCUT2D eigenvalue weighted by Crippen LogP contribution is 2.10. The molecule has 0 unspecified atom stereocenters. The molecule has 0 spiro atoms. The molecule has 0 fully saturated rings. The smallest absolute Gasteiger partial charge is 0.307 e. The van der Waals surface area contributed by atoms with Crippen molar-refractivity contribution in [2.75, 3.05) is 20.2 Å². The highest BCUT2D eigenvalue weighted by atomic mass is 19.1. The van der Waals surface area contributed by atoms with Gasteiger partial charge in [0, 0.05) is 18.7 Å². The first-order valence-electron chi connectivity index (χ1n) is 8.17. The molecule has 1 amide bonds. The Bertz CT molecular complexity index is 711. The molecule has 0 N–H and O–H groups in total. The number of carbonyl (C=O) groups is 2. The summed E-state index contributed by atoms with van der Waals surface area (Å²) in [6.07, 6.45) is 0.719. The van der Waals surface area contributed by atoms with Gasteiger partial charge in [0.1, 0.15) is 5.82 Å². The third kappa shape index (κ3) is 5.71. The van der Waals surface area contributed by atoms with Crippen LogP contribution in [0.2, 0.25) is 0 Å². The van der Waals surface area contributed by atoms with Gasteiger partial charge in [-0.15, -0.1) is 0 Å². The lowest BCUT2D eigenvalue weighted by Gasteiger charge is -2.22. The molecular weight excluding hydrogens is 321 g/mol. The summed E-state index contributed by atoms with van der Waals surface area (Å²) in [6, 6.07) is 13.5. The second-order valence-corrected chi connectivity index (χ2v) is 5.86. The van der Waals surface area contributed by atoms with Crippen LogP contribution in [0.3, 0.4) is 0 Å². The molecule has 0 saturated carbocycles. The Morgan fingerprint density at radius 2 is 1.64 bits per heavy atom. The fourth-order valence-corrected chi connectivity index (χ4v) is 2.44. The fraction of sp³-hybridized carbons (Fsp3) is 0.300. The molecule has 0 aliphatic heterocycles. The van der Waals surface area contributed by atoms with E-state index in [0.29, 0.717) is 18.5 Å². The highest BCUT2D eigenvalue weighted by molar-refractivity contribution is 5.94. The number of rotatable bonds is 7. The van der Waals surface area contributed by atoms with E-state index in [-0.39, 0.29) is 30.7 Å². The summed E-state index contributed by atoms with van der Waals surface area (Å²) in [5.74, 6) is -0.781. The van der Waals surface area contributed by atoms with Gasteiger partial charge in [0.25, 0.3) is 5.91 Å². The van der Waals surface area contributed by atoms with E-state index in [1.807, 2.05) is 19.1 Å². The summed E-state index contributed by atoms with van der Waals surface area (Å²) in [6.45, 7) is 2.67. The molecule has 2 aromatic carbocycles. The van der Waals surface area contributed by atoms with E-state index in [2.05, 4.69) is 4.74 Å². The van der Waals surface area contributed by atoms with Crippen molar-refractivity contribution < 1.29 is 18.7 Å². The van der Waals surface area contributed by atoms with Gasteiger partial charge in [0.15, 0.2) is 0 Å². The van der Waals surface area contributed by atoms with Crippen molar-refractivity contribution in [3.05, 3.63) is 71.0 Å². The zero-order valence-electron chi connectivity index (χ0n) is 14.5. The third-order valence-corrected chi connectivity index (χ3v) is 3.98. The van der Waals surface area contributed by atoms with E-state index in [9.17, 15) is 14.0 Å². The number of hydrogen-bond acceptors (Lipinski definition) is 3. The van der Waals surface area contributed by atoms with Crippen LogP contribution in [-0.4, -0.2) is 37.0 Å². The Morgan fingerprint density at radius 3 is 2.24 bits per heavy atom. The van der Waals surface area contributed by atoms with E-state index in [4.69, 9.17) is 0 Å². The van der Waals surface area contributed by atoms with E-state index < -0.39 is 0 Å². The van der Waals surface area contributed by atoms with Crippen LogP contribution in [0.4, 0.5) is 4.39 Å². The van der Waals surface area contributed by atoms with E-state index >= 15 is 0 Å². The van der Waals surface area contributed by atoms with Gasteiger partial charge in [-0.25, -0.2) is 4.39 Å². The lowest BCUT2D eigenvalue weighted by atomic mass is 10.1. The van der Waals surface area contributed by atoms with Gasteiger partial charge in [-0.05, 0) is 43.2 Å². The molecule has 4 nitrogen and oxygen atoms in total. The van der Waals surface area contributed by atoms with Crippen LogP contribution in [-0.2, 0) is 16.0 Å². The molecule has 5 heteroatoms. The largest absolute Gasteiger partial charge is 0.469 e. The highest BCUT2D eigenvalue weighted by Gasteiger charge is 2.17. The first-order valence-corrected chi connectivity index (χ1v) is 8.17. The Labute approximate surface area is 147 Å². The van der Waals surface area contributed by atoms with Gasteiger partial charge in [-0.3, -0.25) is 9.59 Å². The molecule has 25 heavy (non-hydrogen) atoms. The van der Waals surface area contributed by atoms with E-state index in [0.717, 1.165) is 11.1 Å². The zero-order valence-corrected chi connectivity index (χ0v) is 14.5. The Balaban J connectivity index is 2.08. The lowest BCUT2D eigenvalue weighted by molar-refractivity contribution is -0.140. The molecule has 0 aromatic heterocycles. The third-order valence-electron chi connectivity index (χ3n) is 3.98. The van der Waals surface area contributed by atoms with Crippen molar-refractivity contribution in [3.63, 3.8) is 0 Å². The van der Waals surface area contributed by atoms with E-state index in [1.54, 1.807) is 29.2 Å². The molecule has 0 heterocycles. The minimum absolute atomic E-state index is 0.133. The van der Waals surface area contributed by atoms with Crippen LogP contribution >= 0.6 is 0 Å². The quantitative estimate of drug-likeness (QED) is 0.724. The second-order valence-electron chi connectivity index (χ2n) is 5.86. The number of aryl methyl sites for hydroxylation is 1. The summed E-state index contributed by atoms with van der Waals surface area (Å²) in [5, 5.41) is 0. The standard InChI is InChI=1S/C20H22FNO3/c1-15-3-7-17(8-4-15)20(24)22(14-12-19(23)25-2)13-11-16-5-9-18(21)10-6-16/h3-10H,11-14H2,1-2H3. The molecule has 0 aliphatic rings. The predicted molar refractivity (Wildman–Crippen MR) is 93.8 cm³/mol. The van der Waals surface area contributed by atoms with Crippen molar-refractivity contribution in [3.8, 4) is 0 Å². The number of carbonyl (C=O) groups excluding carboxylic acids is 2. The molecule has 0 radical (unpaired) electrons. The van der Waals surface area contributed by atoms with Gasteiger partial charge < -0.3 is 9.64 Å². The molecule has 0 bridgehead atoms. The average molecular weight is 343 g/mol. The predicted octanol–water partition coefficient (Wildman–Crippen LogP) is 3.38. The van der Waals surface area contributed by atoms with Crippen LogP contribution < -0.4 is 0 Å². The molecule has 132 valence electrons. The SMILES string of the molecule is COC(=O)CCN(CCc1ccc(F)cc1)C(=O)c1ccc(C)cc1. The summed E-state index contributed by atoms with van der Waals surface area (Å²) in [7, 11) is 1.33. The Hall–Kier alpha value is -2.69. The normalized spacial score (nSPS) is 10.4. The zero-order chi connectivity index (χ0) is 18.2. The van der Waals surface area contributed by atoms with Gasteiger partial charge in [0.05, 0.1) is 13.5 Å². The number of halogens is 1. The van der Waals surface area contributed by atoms with Crippen molar-refractivity contribution in [2.24, 2.45) is 0 Å². The van der Waals surface area contributed by atoms with Crippen LogP contribution in [0.5, 0.6) is 0 Å². The molecular formula is C20H22FNO3. The lowest BCUT2D eigenvalue weighted by Crippen LogP contribution is -2.35. The van der Waals surface area contributed by atoms with Crippen molar-refractivity contribution in [1.29, 1.82) is 0 Å². The van der Waals surface area contributed by atoms with Gasteiger partial charge >= 0.3 is 5.97 Å². The molecule has 2 aromatic rings. The number of methoxy groups -OCH3 is 1. The van der Waals surface area contributed by atoms with E-state index in [1.165, 1.54) is 19.2 Å². The monoisotopic (exact) mass is 343 g/mol. The average Bonchev–Trinajstić information content (AvgIpc) is 2.63.